The van der Waals surface area contributed by atoms with Gasteiger partial charge in [0.2, 0.25) is 5.91 Å². The Labute approximate surface area is 120 Å². The number of hydrogen-bond acceptors (Lipinski definition) is 3. The molecule has 0 aliphatic carbocycles. The van der Waals surface area contributed by atoms with Crippen molar-refractivity contribution in [3.63, 3.8) is 0 Å². The van der Waals surface area contributed by atoms with E-state index in [-0.39, 0.29) is 12.3 Å². The number of thiophene rings is 1. The number of benzene rings is 1. The van der Waals surface area contributed by atoms with E-state index in [1.807, 2.05) is 41.1 Å². The van der Waals surface area contributed by atoms with Crippen molar-refractivity contribution in [3.8, 4) is 0 Å². The summed E-state index contributed by atoms with van der Waals surface area (Å²) in [4.78, 5) is 25.3. The second-order valence-electron chi connectivity index (χ2n) is 4.76. The van der Waals surface area contributed by atoms with Gasteiger partial charge in [-0.3, -0.25) is 9.69 Å². The van der Waals surface area contributed by atoms with Crippen molar-refractivity contribution in [2.75, 3.05) is 4.90 Å². The highest BCUT2D eigenvalue weighted by Gasteiger charge is 2.37. The van der Waals surface area contributed by atoms with E-state index < -0.39 is 12.0 Å². The molecule has 0 saturated heterocycles. The number of carbonyl (C=O) groups excluding carboxylic acids is 1. The monoisotopic (exact) mass is 287 g/mol. The Hall–Kier alpha value is -2.14. The lowest BCUT2D eigenvalue weighted by molar-refractivity contribution is -0.139. The number of nitrogens with zero attached hydrogens (tertiary/aromatic N) is 1. The van der Waals surface area contributed by atoms with Crippen LogP contribution in [-0.2, 0) is 22.4 Å². The van der Waals surface area contributed by atoms with Crippen molar-refractivity contribution in [1.82, 2.24) is 0 Å². The molecule has 1 aromatic heterocycles. The first-order valence-corrected chi connectivity index (χ1v) is 7.25. The highest BCUT2D eigenvalue weighted by Crippen LogP contribution is 2.32. The van der Waals surface area contributed by atoms with Crippen LogP contribution in [0.15, 0.2) is 41.1 Å². The largest absolute Gasteiger partial charge is 0.480 e. The Morgan fingerprint density at radius 2 is 2.10 bits per heavy atom. The van der Waals surface area contributed by atoms with Crippen LogP contribution in [0.1, 0.15) is 11.1 Å². The van der Waals surface area contributed by atoms with Crippen LogP contribution in [0.5, 0.6) is 0 Å². The van der Waals surface area contributed by atoms with Crippen LogP contribution in [0, 0.1) is 0 Å². The molecule has 1 unspecified atom stereocenters. The third-order valence-electron chi connectivity index (χ3n) is 3.47. The molecule has 1 aliphatic rings. The van der Waals surface area contributed by atoms with Gasteiger partial charge in [0.25, 0.3) is 0 Å². The topological polar surface area (TPSA) is 57.6 Å². The van der Waals surface area contributed by atoms with Crippen LogP contribution >= 0.6 is 11.3 Å². The van der Waals surface area contributed by atoms with E-state index in [2.05, 4.69) is 0 Å². The van der Waals surface area contributed by atoms with Crippen molar-refractivity contribution < 1.29 is 14.7 Å². The summed E-state index contributed by atoms with van der Waals surface area (Å²) in [6.07, 6.45) is 0.614. The van der Waals surface area contributed by atoms with Crippen LogP contribution < -0.4 is 4.90 Å². The fourth-order valence-corrected chi connectivity index (χ4v) is 3.21. The molecule has 4 nitrogen and oxygen atoms in total. The van der Waals surface area contributed by atoms with Gasteiger partial charge < -0.3 is 5.11 Å². The summed E-state index contributed by atoms with van der Waals surface area (Å²) in [5, 5.41) is 13.2. The van der Waals surface area contributed by atoms with Gasteiger partial charge in [-0.1, -0.05) is 18.2 Å². The van der Waals surface area contributed by atoms with Crippen molar-refractivity contribution in [3.05, 3.63) is 52.2 Å². The van der Waals surface area contributed by atoms with Gasteiger partial charge in [0, 0.05) is 12.1 Å². The molecule has 1 aliphatic heterocycles. The predicted molar refractivity (Wildman–Crippen MR) is 77.1 cm³/mol. The maximum atomic E-state index is 12.5. The lowest BCUT2D eigenvalue weighted by atomic mass is 10.1. The van der Waals surface area contributed by atoms with E-state index in [9.17, 15) is 14.7 Å². The number of aliphatic carboxylic acids is 1. The summed E-state index contributed by atoms with van der Waals surface area (Å²) in [6.45, 7) is 0. The highest BCUT2D eigenvalue weighted by atomic mass is 32.1. The zero-order valence-corrected chi connectivity index (χ0v) is 11.5. The number of carboxylic acid groups (broad SMARTS) is 1. The van der Waals surface area contributed by atoms with Crippen LogP contribution in [0.3, 0.4) is 0 Å². The van der Waals surface area contributed by atoms with E-state index >= 15 is 0 Å². The van der Waals surface area contributed by atoms with Crippen molar-refractivity contribution in [1.29, 1.82) is 0 Å². The Bertz CT molecular complexity index is 651. The molecule has 102 valence electrons. The normalized spacial score (nSPS) is 17.0. The molecule has 0 bridgehead atoms. The number of rotatable bonds is 3. The number of anilines is 1. The predicted octanol–water partition coefficient (Wildman–Crippen LogP) is 2.33. The van der Waals surface area contributed by atoms with E-state index in [0.29, 0.717) is 6.42 Å². The van der Waals surface area contributed by atoms with Crippen molar-refractivity contribution in [2.24, 2.45) is 0 Å². The smallest absolute Gasteiger partial charge is 0.327 e. The molecule has 0 spiro atoms. The Kier molecular flexibility index (Phi) is 3.28. The van der Waals surface area contributed by atoms with Crippen LogP contribution in [-0.4, -0.2) is 23.0 Å². The summed E-state index contributed by atoms with van der Waals surface area (Å²) in [7, 11) is 0. The first kappa shape index (κ1) is 12.9. The van der Waals surface area contributed by atoms with Crippen LogP contribution in [0.4, 0.5) is 5.69 Å². The zero-order valence-electron chi connectivity index (χ0n) is 10.7. The van der Waals surface area contributed by atoms with Crippen LogP contribution in [0.2, 0.25) is 0 Å². The number of amides is 1. The molecule has 0 saturated carbocycles. The zero-order chi connectivity index (χ0) is 14.1. The van der Waals surface area contributed by atoms with E-state index in [0.717, 1.165) is 16.8 Å². The fourth-order valence-electron chi connectivity index (χ4n) is 2.54. The maximum Gasteiger partial charge on any atom is 0.327 e. The van der Waals surface area contributed by atoms with E-state index in [1.54, 1.807) is 0 Å². The van der Waals surface area contributed by atoms with Gasteiger partial charge in [-0.2, -0.15) is 11.3 Å². The second kappa shape index (κ2) is 5.09. The Morgan fingerprint density at radius 1 is 1.30 bits per heavy atom. The molecule has 1 amide bonds. The molecule has 20 heavy (non-hydrogen) atoms. The standard InChI is InChI=1S/C15H13NO3S/c17-14(7-10-5-6-20-9-10)16-12-4-2-1-3-11(12)8-13(16)15(18)19/h1-6,9,13H,7-8H2,(H,18,19). The minimum Gasteiger partial charge on any atom is -0.480 e. The van der Waals surface area contributed by atoms with Gasteiger partial charge in [-0.15, -0.1) is 0 Å². The number of fused-ring (bicyclic) bond motifs is 1. The summed E-state index contributed by atoms with van der Waals surface area (Å²) in [6, 6.07) is 8.48. The first-order valence-electron chi connectivity index (χ1n) is 6.30. The molecule has 1 N–H and O–H groups in total. The Morgan fingerprint density at radius 3 is 2.80 bits per heavy atom. The molecule has 1 atom stereocenters. The second-order valence-corrected chi connectivity index (χ2v) is 5.54. The Balaban J connectivity index is 1.92. The molecular formula is C15H13NO3S. The molecule has 0 fully saturated rings. The average Bonchev–Trinajstić information content (AvgIpc) is 3.04. The molecular weight excluding hydrogens is 274 g/mol. The molecule has 3 rings (SSSR count). The first-order chi connectivity index (χ1) is 9.66. The molecule has 2 aromatic rings. The van der Waals surface area contributed by atoms with Gasteiger partial charge in [-0.05, 0) is 34.0 Å². The molecule has 0 radical (unpaired) electrons. The average molecular weight is 287 g/mol. The minimum atomic E-state index is -0.958. The molecule has 2 heterocycles. The maximum absolute atomic E-state index is 12.5. The van der Waals surface area contributed by atoms with Gasteiger partial charge >= 0.3 is 5.97 Å². The fraction of sp³-hybridized carbons (Fsp3) is 0.200. The quantitative estimate of drug-likeness (QED) is 0.942. The third-order valence-corrected chi connectivity index (χ3v) is 4.20. The highest BCUT2D eigenvalue weighted by molar-refractivity contribution is 7.08. The SMILES string of the molecule is O=C(O)C1Cc2ccccc2N1C(=O)Cc1ccsc1. The summed E-state index contributed by atoms with van der Waals surface area (Å²) in [5.74, 6) is -1.12. The van der Waals surface area contributed by atoms with E-state index in [4.69, 9.17) is 0 Å². The van der Waals surface area contributed by atoms with Crippen LogP contribution in [0.25, 0.3) is 0 Å². The number of carbonyl (C=O) groups is 2. The number of hydrogen-bond donors (Lipinski definition) is 1. The van der Waals surface area contributed by atoms with Crippen molar-refractivity contribution in [2.45, 2.75) is 18.9 Å². The summed E-state index contributed by atoms with van der Waals surface area (Å²) >= 11 is 1.53. The molecule has 5 heteroatoms. The minimum absolute atomic E-state index is 0.166. The lowest BCUT2D eigenvalue weighted by Crippen LogP contribution is -2.43. The van der Waals surface area contributed by atoms with Gasteiger partial charge in [0.1, 0.15) is 6.04 Å². The van der Waals surface area contributed by atoms with Crippen molar-refractivity contribution >= 4 is 28.9 Å². The van der Waals surface area contributed by atoms with Gasteiger partial charge in [-0.25, -0.2) is 4.79 Å². The summed E-state index contributed by atoms with van der Waals surface area (Å²) < 4.78 is 0. The number of para-hydroxylation sites is 1. The third kappa shape index (κ3) is 2.20. The van der Waals surface area contributed by atoms with Gasteiger partial charge in [0.05, 0.1) is 6.42 Å². The summed E-state index contributed by atoms with van der Waals surface area (Å²) in [5.41, 5.74) is 2.56. The number of carboxylic acids is 1. The van der Waals surface area contributed by atoms with E-state index in [1.165, 1.54) is 16.2 Å². The van der Waals surface area contributed by atoms with Gasteiger partial charge in [0.15, 0.2) is 0 Å². The lowest BCUT2D eigenvalue weighted by Gasteiger charge is -2.22. The molecule has 1 aromatic carbocycles.